The quantitative estimate of drug-likeness (QED) is 0.506. The van der Waals surface area contributed by atoms with Crippen molar-refractivity contribution >= 4 is 17.5 Å². The first-order valence-corrected chi connectivity index (χ1v) is 10.3. The van der Waals surface area contributed by atoms with E-state index >= 15 is 0 Å². The van der Waals surface area contributed by atoms with Crippen LogP contribution >= 0.6 is 0 Å². The van der Waals surface area contributed by atoms with E-state index in [-0.39, 0.29) is 5.41 Å². The van der Waals surface area contributed by atoms with Crippen molar-refractivity contribution < 1.29 is 18.0 Å². The van der Waals surface area contributed by atoms with E-state index in [4.69, 9.17) is 0 Å². The molecule has 0 unspecified atom stereocenters. The molecule has 0 aliphatic carbocycles. The van der Waals surface area contributed by atoms with E-state index < -0.39 is 29.2 Å². The number of nitrogens with one attached hydrogen (secondary N) is 3. The summed E-state index contributed by atoms with van der Waals surface area (Å²) in [5, 5.41) is 12.9. The summed E-state index contributed by atoms with van der Waals surface area (Å²) >= 11 is 0. The Morgan fingerprint density at radius 2 is 1.81 bits per heavy atom. The first-order valence-electron chi connectivity index (χ1n) is 10.3. The maximum absolute atomic E-state index is 13.9. The van der Waals surface area contributed by atoms with Gasteiger partial charge in [0.15, 0.2) is 17.5 Å². The van der Waals surface area contributed by atoms with Gasteiger partial charge in [-0.05, 0) is 48.4 Å². The largest absolute Gasteiger partial charge is 0.324 e. The normalized spacial score (nSPS) is 13.6. The summed E-state index contributed by atoms with van der Waals surface area (Å²) in [5.74, 6) is -4.08. The molecule has 0 saturated heterocycles. The van der Waals surface area contributed by atoms with Gasteiger partial charge in [-0.2, -0.15) is 5.10 Å². The lowest BCUT2D eigenvalue weighted by atomic mass is 9.92. The summed E-state index contributed by atoms with van der Waals surface area (Å²) in [6.07, 6.45) is 0.884. The number of fused-ring (bicyclic) bond motifs is 1. The molecule has 2 aromatic carbocycles. The molecule has 3 aromatic rings. The van der Waals surface area contributed by atoms with Gasteiger partial charge in [0, 0.05) is 18.0 Å². The van der Waals surface area contributed by atoms with Crippen LogP contribution in [0.2, 0.25) is 0 Å². The van der Waals surface area contributed by atoms with Crippen molar-refractivity contribution in [3.8, 4) is 5.69 Å². The molecule has 2 amide bonds. The zero-order valence-corrected chi connectivity index (χ0v) is 18.0. The average molecular weight is 443 g/mol. The lowest BCUT2D eigenvalue weighted by molar-refractivity contribution is 0.262. The van der Waals surface area contributed by atoms with E-state index in [1.54, 1.807) is 10.7 Å². The first kappa shape index (κ1) is 21.9. The number of benzene rings is 2. The maximum Gasteiger partial charge on any atom is 0.324 e. The Balaban J connectivity index is 1.65. The van der Waals surface area contributed by atoms with Crippen molar-refractivity contribution in [1.82, 2.24) is 15.1 Å². The lowest BCUT2D eigenvalue weighted by Gasteiger charge is -2.18. The van der Waals surface area contributed by atoms with Crippen LogP contribution in [0.15, 0.2) is 36.4 Å². The van der Waals surface area contributed by atoms with Crippen LogP contribution < -0.4 is 16.0 Å². The summed E-state index contributed by atoms with van der Waals surface area (Å²) in [6, 6.07) is 8.62. The number of aromatic nitrogens is 2. The van der Waals surface area contributed by atoms with Gasteiger partial charge in [-0.15, -0.1) is 0 Å². The number of carbonyl (C=O) groups excluding carboxylic acids is 1. The number of halogens is 3. The van der Waals surface area contributed by atoms with Crippen LogP contribution in [0, 0.1) is 17.5 Å². The summed E-state index contributed by atoms with van der Waals surface area (Å²) in [5.41, 5.74) is 3.17. The topological polar surface area (TPSA) is 71.0 Å². The van der Waals surface area contributed by atoms with Crippen LogP contribution in [0.25, 0.3) is 5.69 Å². The van der Waals surface area contributed by atoms with Gasteiger partial charge in [0.05, 0.1) is 17.1 Å². The Hall–Kier alpha value is -3.33. The highest BCUT2D eigenvalue weighted by atomic mass is 19.2. The molecule has 0 radical (unpaired) electrons. The predicted octanol–water partition coefficient (Wildman–Crippen LogP) is 4.88. The summed E-state index contributed by atoms with van der Waals surface area (Å²) in [6.45, 7) is 7.68. The van der Waals surface area contributed by atoms with Crippen molar-refractivity contribution in [3.63, 3.8) is 0 Å². The molecule has 1 aliphatic rings. The minimum Gasteiger partial charge on any atom is -0.312 e. The maximum atomic E-state index is 13.9. The number of anilines is 2. The molecular weight excluding hydrogens is 419 g/mol. The smallest absolute Gasteiger partial charge is 0.312 e. The van der Waals surface area contributed by atoms with Gasteiger partial charge >= 0.3 is 6.03 Å². The molecule has 1 aromatic heterocycles. The SMILES string of the molecule is CC(C)(C)c1cc(NC(=O)Nc2ccc(F)c(F)c2F)n(-c2ccc3c(c2)CCNC3)n1. The standard InChI is InChI=1S/C23H24F3N5O/c1-23(2,3)18-11-19(29-22(32)28-17-7-6-16(24)20(25)21(17)26)31(30-18)15-5-4-14-12-27-9-8-13(14)10-15/h4-7,10-11,27H,8-9,12H2,1-3H3,(H2,28,29,32). The van der Waals surface area contributed by atoms with E-state index in [0.717, 1.165) is 43.0 Å². The molecular formula is C23H24F3N5O. The molecule has 1 aliphatic heterocycles. The molecule has 168 valence electrons. The number of nitrogens with zero attached hydrogens (tertiary/aromatic N) is 2. The Morgan fingerprint density at radius 1 is 1.03 bits per heavy atom. The molecule has 32 heavy (non-hydrogen) atoms. The van der Waals surface area contributed by atoms with Crippen molar-refractivity contribution in [1.29, 1.82) is 0 Å². The van der Waals surface area contributed by atoms with Crippen molar-refractivity contribution in [2.24, 2.45) is 0 Å². The Bertz CT molecular complexity index is 1180. The zero-order chi connectivity index (χ0) is 23.0. The van der Waals surface area contributed by atoms with Gasteiger partial charge in [-0.1, -0.05) is 26.8 Å². The molecule has 6 nitrogen and oxygen atoms in total. The highest BCUT2D eigenvalue weighted by molar-refractivity contribution is 5.99. The Morgan fingerprint density at radius 3 is 2.56 bits per heavy atom. The molecule has 9 heteroatoms. The van der Waals surface area contributed by atoms with Crippen LogP contribution in [0.1, 0.15) is 37.6 Å². The molecule has 0 spiro atoms. The number of rotatable bonds is 3. The highest BCUT2D eigenvalue weighted by Gasteiger charge is 2.23. The first-order chi connectivity index (χ1) is 15.1. The monoisotopic (exact) mass is 443 g/mol. The summed E-state index contributed by atoms with van der Waals surface area (Å²) in [4.78, 5) is 12.6. The van der Waals surface area contributed by atoms with Gasteiger partial charge in [0.1, 0.15) is 5.82 Å². The second-order valence-electron chi connectivity index (χ2n) is 8.76. The second-order valence-corrected chi connectivity index (χ2v) is 8.76. The molecule has 2 heterocycles. The van der Waals surface area contributed by atoms with Gasteiger partial charge in [0.2, 0.25) is 0 Å². The van der Waals surface area contributed by atoms with Crippen LogP contribution in [0.4, 0.5) is 29.5 Å². The molecule has 0 fully saturated rings. The van der Waals surface area contributed by atoms with E-state index in [1.165, 1.54) is 11.1 Å². The number of carbonyl (C=O) groups is 1. The molecule has 0 atom stereocenters. The minimum absolute atomic E-state index is 0.289. The third-order valence-corrected chi connectivity index (χ3v) is 5.32. The molecule has 0 saturated carbocycles. The van der Waals surface area contributed by atoms with Gasteiger partial charge in [-0.25, -0.2) is 22.6 Å². The number of amides is 2. The summed E-state index contributed by atoms with van der Waals surface area (Å²) in [7, 11) is 0. The zero-order valence-electron chi connectivity index (χ0n) is 18.0. The van der Waals surface area contributed by atoms with Crippen molar-refractivity contribution in [3.05, 3.63) is 70.7 Å². The highest BCUT2D eigenvalue weighted by Crippen LogP contribution is 2.28. The third kappa shape index (κ3) is 4.34. The molecule has 4 rings (SSSR count). The number of hydrogen-bond donors (Lipinski definition) is 3. The van der Waals surface area contributed by atoms with Gasteiger partial charge in [-0.3, -0.25) is 5.32 Å². The third-order valence-electron chi connectivity index (χ3n) is 5.32. The van der Waals surface area contributed by atoms with Gasteiger partial charge in [0.25, 0.3) is 0 Å². The average Bonchev–Trinajstić information content (AvgIpc) is 3.18. The van der Waals surface area contributed by atoms with E-state index in [1.807, 2.05) is 39.0 Å². The minimum atomic E-state index is -1.65. The fourth-order valence-corrected chi connectivity index (χ4v) is 3.52. The second kappa shape index (κ2) is 8.31. The fraction of sp³-hybridized carbons (Fsp3) is 0.304. The van der Waals surface area contributed by atoms with E-state index in [0.29, 0.717) is 5.82 Å². The van der Waals surface area contributed by atoms with E-state index in [9.17, 15) is 18.0 Å². The van der Waals surface area contributed by atoms with E-state index in [2.05, 4.69) is 21.0 Å². The van der Waals surface area contributed by atoms with Gasteiger partial charge < -0.3 is 10.6 Å². The van der Waals surface area contributed by atoms with Crippen molar-refractivity contribution in [2.75, 3.05) is 17.2 Å². The van der Waals surface area contributed by atoms with Crippen LogP contribution in [0.3, 0.4) is 0 Å². The van der Waals surface area contributed by atoms with Crippen molar-refractivity contribution in [2.45, 2.75) is 39.2 Å². The predicted molar refractivity (Wildman–Crippen MR) is 117 cm³/mol. The summed E-state index contributed by atoms with van der Waals surface area (Å²) < 4.78 is 42.2. The Labute approximate surface area is 183 Å². The lowest BCUT2D eigenvalue weighted by Crippen LogP contribution is -2.24. The molecule has 3 N–H and O–H groups in total. The number of urea groups is 1. The molecule has 0 bridgehead atoms. The van der Waals surface area contributed by atoms with Crippen LogP contribution in [0.5, 0.6) is 0 Å². The van der Waals surface area contributed by atoms with Crippen LogP contribution in [-0.4, -0.2) is 22.4 Å². The fourth-order valence-electron chi connectivity index (χ4n) is 3.52. The van der Waals surface area contributed by atoms with Crippen LogP contribution in [-0.2, 0) is 18.4 Å². The number of hydrogen-bond acceptors (Lipinski definition) is 3. The Kier molecular flexibility index (Phi) is 5.68.